The molecule has 2 fully saturated rings. The van der Waals surface area contributed by atoms with Crippen LogP contribution in [0.4, 0.5) is 0 Å². The van der Waals surface area contributed by atoms with Crippen LogP contribution in [0.25, 0.3) is 0 Å². The highest BCUT2D eigenvalue weighted by Crippen LogP contribution is 2.30. The summed E-state index contributed by atoms with van der Waals surface area (Å²) < 4.78 is 26.4. The Morgan fingerprint density at radius 1 is 1.43 bits per heavy atom. The average Bonchev–Trinajstić information content (AvgIpc) is 2.82. The molecule has 0 aromatic rings. The quantitative estimate of drug-likeness (QED) is 0.704. The molecule has 2 N–H and O–H groups in total. The van der Waals surface area contributed by atoms with Crippen LogP contribution in [-0.2, 0) is 10.0 Å². The van der Waals surface area contributed by atoms with Gasteiger partial charge in [-0.15, -0.1) is 0 Å². The van der Waals surface area contributed by atoms with Crippen LogP contribution in [0.1, 0.15) is 26.2 Å². The van der Waals surface area contributed by atoms with E-state index in [4.69, 9.17) is 0 Å². The zero-order valence-electron chi connectivity index (χ0n) is 8.49. The lowest BCUT2D eigenvalue weighted by Crippen LogP contribution is -2.45. The molecule has 2 rings (SSSR count). The van der Waals surface area contributed by atoms with Crippen LogP contribution < -0.4 is 10.0 Å². The van der Waals surface area contributed by atoms with Gasteiger partial charge in [0.2, 0.25) is 10.0 Å². The fraction of sp³-hybridized carbons (Fsp3) is 1.00. The fourth-order valence-corrected chi connectivity index (χ4v) is 3.64. The molecule has 1 heterocycles. The van der Waals surface area contributed by atoms with E-state index in [1.807, 2.05) is 0 Å². The van der Waals surface area contributed by atoms with Crippen LogP contribution in [0.3, 0.4) is 0 Å². The molecule has 82 valence electrons. The summed E-state index contributed by atoms with van der Waals surface area (Å²) in [5.74, 6) is 0.529. The third-order valence-electron chi connectivity index (χ3n) is 3.12. The van der Waals surface area contributed by atoms with Gasteiger partial charge in [-0.25, -0.2) is 13.1 Å². The van der Waals surface area contributed by atoms with Crippen molar-refractivity contribution >= 4 is 10.0 Å². The summed E-state index contributed by atoms with van der Waals surface area (Å²) in [6, 6.07) is 0.210. The average molecular weight is 218 g/mol. The molecule has 4 nitrogen and oxygen atoms in total. The lowest BCUT2D eigenvalue weighted by molar-refractivity contribution is 0.489. The van der Waals surface area contributed by atoms with Crippen molar-refractivity contribution in [2.45, 2.75) is 37.5 Å². The maximum Gasteiger partial charge on any atom is 0.215 e. The first-order valence-electron chi connectivity index (χ1n) is 5.31. The van der Waals surface area contributed by atoms with E-state index < -0.39 is 10.0 Å². The maximum atomic E-state index is 11.8. The van der Waals surface area contributed by atoms with Gasteiger partial charge in [0.05, 0.1) is 5.25 Å². The Kier molecular flexibility index (Phi) is 2.81. The van der Waals surface area contributed by atoms with Crippen LogP contribution >= 0.6 is 0 Å². The van der Waals surface area contributed by atoms with Gasteiger partial charge in [-0.2, -0.15) is 0 Å². The predicted octanol–water partition coefficient (Wildman–Crippen LogP) is 0.0662. The van der Waals surface area contributed by atoms with Gasteiger partial charge in [-0.3, -0.25) is 0 Å². The summed E-state index contributed by atoms with van der Waals surface area (Å²) in [6.07, 6.45) is 2.76. The van der Waals surface area contributed by atoms with Gasteiger partial charge in [-0.1, -0.05) is 6.92 Å². The largest absolute Gasteiger partial charge is 0.315 e. The molecule has 0 radical (unpaired) electrons. The monoisotopic (exact) mass is 218 g/mol. The van der Waals surface area contributed by atoms with Crippen molar-refractivity contribution in [3.8, 4) is 0 Å². The van der Waals surface area contributed by atoms with Crippen molar-refractivity contribution in [2.75, 3.05) is 13.1 Å². The summed E-state index contributed by atoms with van der Waals surface area (Å²) in [5, 5.41) is 2.91. The summed E-state index contributed by atoms with van der Waals surface area (Å²) >= 11 is 0. The Morgan fingerprint density at radius 3 is 2.64 bits per heavy atom. The third kappa shape index (κ3) is 2.27. The van der Waals surface area contributed by atoms with Crippen molar-refractivity contribution in [2.24, 2.45) is 5.92 Å². The van der Waals surface area contributed by atoms with Crippen LogP contribution in [0.15, 0.2) is 0 Å². The molecule has 0 spiro atoms. The molecule has 3 unspecified atom stereocenters. The molecule has 14 heavy (non-hydrogen) atoms. The lowest BCUT2D eigenvalue weighted by Gasteiger charge is -2.23. The standard InChI is InChI=1S/C9H18N2O2S/c1-7-5-9(7)11-14(12,13)8-3-2-4-10-6-8/h7-11H,2-6H2,1H3. The van der Waals surface area contributed by atoms with Crippen LogP contribution in [0.2, 0.25) is 0 Å². The van der Waals surface area contributed by atoms with Gasteiger partial charge in [0.15, 0.2) is 0 Å². The van der Waals surface area contributed by atoms with Crippen molar-refractivity contribution in [1.29, 1.82) is 0 Å². The smallest absolute Gasteiger partial charge is 0.215 e. The van der Waals surface area contributed by atoms with Crippen molar-refractivity contribution in [3.63, 3.8) is 0 Å². The predicted molar refractivity (Wildman–Crippen MR) is 55.5 cm³/mol. The summed E-state index contributed by atoms with van der Waals surface area (Å²) in [4.78, 5) is 0. The van der Waals surface area contributed by atoms with E-state index >= 15 is 0 Å². The second-order valence-electron chi connectivity index (χ2n) is 4.45. The molecule has 5 heteroatoms. The van der Waals surface area contributed by atoms with Gasteiger partial charge in [-0.05, 0) is 31.7 Å². The second kappa shape index (κ2) is 3.79. The molecule has 0 aromatic carbocycles. The summed E-state index contributed by atoms with van der Waals surface area (Å²) in [5.41, 5.74) is 0. The number of nitrogens with one attached hydrogen (secondary N) is 2. The number of piperidine rings is 1. The Bertz CT molecular complexity index is 296. The zero-order valence-corrected chi connectivity index (χ0v) is 9.31. The first kappa shape index (κ1) is 10.4. The van der Waals surface area contributed by atoms with Gasteiger partial charge >= 0.3 is 0 Å². The summed E-state index contributed by atoms with van der Waals surface area (Å²) in [6.45, 7) is 3.63. The van der Waals surface area contributed by atoms with Crippen molar-refractivity contribution in [1.82, 2.24) is 10.0 Å². The number of hydrogen-bond donors (Lipinski definition) is 2. The first-order chi connectivity index (χ1) is 6.59. The molecular formula is C9H18N2O2S. The molecule has 1 saturated carbocycles. The Balaban J connectivity index is 1.93. The highest BCUT2D eigenvalue weighted by atomic mass is 32.2. The molecule has 0 aromatic heterocycles. The Morgan fingerprint density at radius 2 is 2.14 bits per heavy atom. The van der Waals surface area contributed by atoms with E-state index in [-0.39, 0.29) is 11.3 Å². The second-order valence-corrected chi connectivity index (χ2v) is 6.44. The van der Waals surface area contributed by atoms with E-state index in [0.29, 0.717) is 12.5 Å². The Hall–Kier alpha value is -0.130. The minimum atomic E-state index is -3.07. The lowest BCUT2D eigenvalue weighted by atomic mass is 10.2. The van der Waals surface area contributed by atoms with Crippen molar-refractivity contribution in [3.05, 3.63) is 0 Å². The molecule has 1 aliphatic heterocycles. The third-order valence-corrected chi connectivity index (χ3v) is 5.03. The minimum Gasteiger partial charge on any atom is -0.315 e. The molecule has 0 amide bonds. The molecule has 1 saturated heterocycles. The molecule has 1 aliphatic carbocycles. The minimum absolute atomic E-state index is 0.210. The van der Waals surface area contributed by atoms with E-state index in [1.165, 1.54) is 0 Å². The van der Waals surface area contributed by atoms with Crippen LogP contribution in [-0.4, -0.2) is 32.8 Å². The van der Waals surface area contributed by atoms with Gasteiger partial charge in [0, 0.05) is 12.6 Å². The zero-order chi connectivity index (χ0) is 10.2. The Labute approximate surface area is 85.5 Å². The fourth-order valence-electron chi connectivity index (χ4n) is 1.88. The normalized spacial score (nSPS) is 38.2. The highest BCUT2D eigenvalue weighted by Gasteiger charge is 2.38. The van der Waals surface area contributed by atoms with E-state index in [9.17, 15) is 8.42 Å². The maximum absolute atomic E-state index is 11.8. The summed E-state index contributed by atoms with van der Waals surface area (Å²) in [7, 11) is -3.07. The van der Waals surface area contributed by atoms with E-state index in [1.54, 1.807) is 0 Å². The number of hydrogen-bond acceptors (Lipinski definition) is 3. The topological polar surface area (TPSA) is 58.2 Å². The van der Waals surface area contributed by atoms with Gasteiger partial charge in [0.1, 0.15) is 0 Å². The first-order valence-corrected chi connectivity index (χ1v) is 6.86. The van der Waals surface area contributed by atoms with Crippen molar-refractivity contribution < 1.29 is 8.42 Å². The highest BCUT2D eigenvalue weighted by molar-refractivity contribution is 7.90. The van der Waals surface area contributed by atoms with E-state index in [2.05, 4.69) is 17.0 Å². The number of rotatable bonds is 3. The van der Waals surface area contributed by atoms with Gasteiger partial charge in [0.25, 0.3) is 0 Å². The van der Waals surface area contributed by atoms with Crippen LogP contribution in [0.5, 0.6) is 0 Å². The molecule has 0 bridgehead atoms. The molecular weight excluding hydrogens is 200 g/mol. The molecule has 2 aliphatic rings. The number of sulfonamides is 1. The van der Waals surface area contributed by atoms with E-state index in [0.717, 1.165) is 25.8 Å². The molecule has 3 atom stereocenters. The van der Waals surface area contributed by atoms with Crippen LogP contribution in [0, 0.1) is 5.92 Å². The SMILES string of the molecule is CC1CC1NS(=O)(=O)C1CCCNC1. The van der Waals surface area contributed by atoms with Gasteiger partial charge < -0.3 is 5.32 Å².